The molecular weight excluding hydrogens is 268 g/mol. The number of amides is 2. The summed E-state index contributed by atoms with van der Waals surface area (Å²) in [5, 5.41) is 6.19. The van der Waals surface area contributed by atoms with Crippen LogP contribution in [0.2, 0.25) is 0 Å². The third-order valence-corrected chi connectivity index (χ3v) is 4.62. The van der Waals surface area contributed by atoms with E-state index in [1.807, 2.05) is 11.8 Å². The van der Waals surface area contributed by atoms with E-state index in [9.17, 15) is 9.59 Å². The SMILES string of the molecule is CC(=O)NCC1CCN(C(=O)C(C)N2CCNCC2)CC1. The molecule has 120 valence electrons. The number of piperidine rings is 1. The van der Waals surface area contributed by atoms with Crippen molar-refractivity contribution >= 4 is 11.8 Å². The Bertz CT molecular complexity index is 361. The van der Waals surface area contributed by atoms with Crippen LogP contribution in [-0.4, -0.2) is 73.5 Å². The first kappa shape index (κ1) is 16.2. The van der Waals surface area contributed by atoms with Gasteiger partial charge in [0.25, 0.3) is 0 Å². The Balaban J connectivity index is 1.75. The van der Waals surface area contributed by atoms with Crippen LogP contribution in [0.4, 0.5) is 0 Å². The second kappa shape index (κ2) is 7.75. The monoisotopic (exact) mass is 296 g/mol. The van der Waals surface area contributed by atoms with Crippen LogP contribution in [0.15, 0.2) is 0 Å². The van der Waals surface area contributed by atoms with Crippen molar-refractivity contribution in [1.82, 2.24) is 20.4 Å². The van der Waals surface area contributed by atoms with Gasteiger partial charge in [-0.1, -0.05) is 0 Å². The standard InChI is InChI=1S/C15H28N4O2/c1-12(18-9-5-16-6-10-18)15(21)19-7-3-14(4-8-19)11-17-13(2)20/h12,14,16H,3-11H2,1-2H3,(H,17,20). The zero-order valence-corrected chi connectivity index (χ0v) is 13.2. The number of nitrogens with zero attached hydrogens (tertiary/aromatic N) is 2. The summed E-state index contributed by atoms with van der Waals surface area (Å²) in [4.78, 5) is 27.8. The number of carbonyl (C=O) groups is 2. The fourth-order valence-corrected chi connectivity index (χ4v) is 3.14. The Kier molecular flexibility index (Phi) is 5.99. The lowest BCUT2D eigenvalue weighted by atomic mass is 9.96. The van der Waals surface area contributed by atoms with Gasteiger partial charge in [0.1, 0.15) is 0 Å². The molecule has 0 aromatic rings. The lowest BCUT2D eigenvalue weighted by Gasteiger charge is -2.38. The minimum Gasteiger partial charge on any atom is -0.356 e. The third-order valence-electron chi connectivity index (χ3n) is 4.62. The van der Waals surface area contributed by atoms with Crippen molar-refractivity contribution in [3.63, 3.8) is 0 Å². The molecule has 0 bridgehead atoms. The van der Waals surface area contributed by atoms with E-state index >= 15 is 0 Å². The molecule has 2 N–H and O–H groups in total. The number of carbonyl (C=O) groups excluding carboxylic acids is 2. The molecule has 0 spiro atoms. The van der Waals surface area contributed by atoms with Gasteiger partial charge in [0, 0.05) is 52.7 Å². The number of nitrogens with one attached hydrogen (secondary N) is 2. The second-order valence-electron chi connectivity index (χ2n) is 6.17. The van der Waals surface area contributed by atoms with E-state index in [0.29, 0.717) is 5.92 Å². The van der Waals surface area contributed by atoms with Crippen LogP contribution in [0.3, 0.4) is 0 Å². The van der Waals surface area contributed by atoms with Crippen LogP contribution in [0.1, 0.15) is 26.7 Å². The first-order valence-corrected chi connectivity index (χ1v) is 8.06. The van der Waals surface area contributed by atoms with E-state index in [0.717, 1.165) is 58.7 Å². The molecule has 0 radical (unpaired) electrons. The average molecular weight is 296 g/mol. The third kappa shape index (κ3) is 4.68. The number of likely N-dealkylation sites (tertiary alicyclic amines) is 1. The fraction of sp³-hybridized carbons (Fsp3) is 0.867. The van der Waals surface area contributed by atoms with Gasteiger partial charge in [0.05, 0.1) is 6.04 Å². The largest absolute Gasteiger partial charge is 0.356 e. The molecule has 2 fully saturated rings. The lowest BCUT2D eigenvalue weighted by Crippen LogP contribution is -2.54. The molecule has 0 saturated carbocycles. The highest BCUT2D eigenvalue weighted by atomic mass is 16.2. The minimum absolute atomic E-state index is 0.0148. The van der Waals surface area contributed by atoms with Gasteiger partial charge in [-0.2, -0.15) is 0 Å². The molecule has 2 aliphatic heterocycles. The predicted octanol–water partition coefficient (Wildman–Crippen LogP) is -0.345. The molecule has 2 heterocycles. The van der Waals surface area contributed by atoms with Gasteiger partial charge in [0.15, 0.2) is 0 Å². The molecule has 0 aromatic carbocycles. The molecule has 0 aliphatic carbocycles. The van der Waals surface area contributed by atoms with Crippen molar-refractivity contribution in [2.24, 2.45) is 5.92 Å². The van der Waals surface area contributed by atoms with E-state index in [4.69, 9.17) is 0 Å². The summed E-state index contributed by atoms with van der Waals surface area (Å²) >= 11 is 0. The molecule has 1 unspecified atom stereocenters. The highest BCUT2D eigenvalue weighted by molar-refractivity contribution is 5.81. The van der Waals surface area contributed by atoms with Crippen molar-refractivity contribution in [3.8, 4) is 0 Å². The molecule has 2 saturated heterocycles. The van der Waals surface area contributed by atoms with Crippen molar-refractivity contribution < 1.29 is 9.59 Å². The van der Waals surface area contributed by atoms with Gasteiger partial charge in [-0.3, -0.25) is 14.5 Å². The van der Waals surface area contributed by atoms with Crippen LogP contribution in [-0.2, 0) is 9.59 Å². The van der Waals surface area contributed by atoms with E-state index in [-0.39, 0.29) is 17.9 Å². The van der Waals surface area contributed by atoms with Crippen molar-refractivity contribution in [3.05, 3.63) is 0 Å². The first-order valence-electron chi connectivity index (χ1n) is 8.06. The Morgan fingerprint density at radius 3 is 2.38 bits per heavy atom. The Morgan fingerprint density at radius 1 is 1.19 bits per heavy atom. The summed E-state index contributed by atoms with van der Waals surface area (Å²) in [7, 11) is 0. The summed E-state index contributed by atoms with van der Waals surface area (Å²) < 4.78 is 0. The molecule has 2 amide bonds. The minimum atomic E-state index is -0.0148. The normalized spacial score (nSPS) is 22.9. The van der Waals surface area contributed by atoms with Gasteiger partial charge in [-0.25, -0.2) is 0 Å². The fourth-order valence-electron chi connectivity index (χ4n) is 3.14. The van der Waals surface area contributed by atoms with E-state index in [2.05, 4.69) is 15.5 Å². The highest BCUT2D eigenvalue weighted by Gasteiger charge is 2.29. The van der Waals surface area contributed by atoms with Crippen molar-refractivity contribution in [1.29, 1.82) is 0 Å². The zero-order valence-electron chi connectivity index (χ0n) is 13.2. The Hall–Kier alpha value is -1.14. The number of hydrogen-bond donors (Lipinski definition) is 2. The maximum absolute atomic E-state index is 12.6. The summed E-state index contributed by atoms with van der Waals surface area (Å²) in [6.07, 6.45) is 1.97. The van der Waals surface area contributed by atoms with E-state index < -0.39 is 0 Å². The number of piperazine rings is 1. The molecule has 1 atom stereocenters. The first-order chi connectivity index (χ1) is 10.1. The van der Waals surface area contributed by atoms with Gasteiger partial charge in [-0.15, -0.1) is 0 Å². The number of hydrogen-bond acceptors (Lipinski definition) is 4. The smallest absolute Gasteiger partial charge is 0.239 e. The average Bonchev–Trinajstić information content (AvgIpc) is 2.53. The summed E-state index contributed by atoms with van der Waals surface area (Å²) in [6.45, 7) is 9.79. The zero-order chi connectivity index (χ0) is 15.2. The van der Waals surface area contributed by atoms with Crippen LogP contribution in [0.5, 0.6) is 0 Å². The highest BCUT2D eigenvalue weighted by Crippen LogP contribution is 2.18. The molecule has 6 nitrogen and oxygen atoms in total. The van der Waals surface area contributed by atoms with Crippen LogP contribution in [0, 0.1) is 5.92 Å². The molecule has 21 heavy (non-hydrogen) atoms. The van der Waals surface area contributed by atoms with Gasteiger partial charge >= 0.3 is 0 Å². The van der Waals surface area contributed by atoms with E-state index in [1.54, 1.807) is 6.92 Å². The van der Waals surface area contributed by atoms with Crippen LogP contribution in [0.25, 0.3) is 0 Å². The Labute approximate surface area is 127 Å². The van der Waals surface area contributed by atoms with Gasteiger partial charge in [-0.05, 0) is 25.7 Å². The summed E-state index contributed by atoms with van der Waals surface area (Å²) in [5.74, 6) is 0.795. The molecule has 6 heteroatoms. The molecular formula is C15H28N4O2. The van der Waals surface area contributed by atoms with Crippen LogP contribution >= 0.6 is 0 Å². The predicted molar refractivity (Wildman–Crippen MR) is 81.9 cm³/mol. The van der Waals surface area contributed by atoms with E-state index in [1.165, 1.54) is 0 Å². The molecule has 2 aliphatic rings. The van der Waals surface area contributed by atoms with Crippen molar-refractivity contribution in [2.45, 2.75) is 32.7 Å². The maximum Gasteiger partial charge on any atom is 0.239 e. The Morgan fingerprint density at radius 2 is 1.81 bits per heavy atom. The van der Waals surface area contributed by atoms with Gasteiger partial charge < -0.3 is 15.5 Å². The maximum atomic E-state index is 12.6. The summed E-state index contributed by atoms with van der Waals surface area (Å²) in [5.41, 5.74) is 0. The second-order valence-corrected chi connectivity index (χ2v) is 6.17. The molecule has 0 aromatic heterocycles. The number of rotatable bonds is 4. The quantitative estimate of drug-likeness (QED) is 0.745. The van der Waals surface area contributed by atoms with Crippen molar-refractivity contribution in [2.75, 3.05) is 45.8 Å². The molecule has 2 rings (SSSR count). The topological polar surface area (TPSA) is 64.7 Å². The van der Waals surface area contributed by atoms with Gasteiger partial charge in [0.2, 0.25) is 11.8 Å². The lowest BCUT2D eigenvalue weighted by molar-refractivity contribution is -0.138. The summed E-state index contributed by atoms with van der Waals surface area (Å²) in [6, 6.07) is -0.0148. The van der Waals surface area contributed by atoms with Crippen LogP contribution < -0.4 is 10.6 Å².